The standard InChI is InChI=1S/C17H31NO2S/c1-2-6-18-16(10-14-3-7-19-12-14)15-4-8-20-17(11-15)5-9-21-13-17/h14-16,18H,2-13H2,1H3. The van der Waals surface area contributed by atoms with Crippen LogP contribution in [0.25, 0.3) is 0 Å². The Bertz CT molecular complexity index is 314. The Kier molecular flexibility index (Phi) is 5.88. The first-order chi connectivity index (χ1) is 10.3. The van der Waals surface area contributed by atoms with Crippen LogP contribution in [0.1, 0.15) is 45.4 Å². The van der Waals surface area contributed by atoms with E-state index in [9.17, 15) is 0 Å². The molecule has 0 saturated carbocycles. The van der Waals surface area contributed by atoms with E-state index < -0.39 is 0 Å². The number of rotatable bonds is 6. The number of thioether (sulfide) groups is 1. The molecule has 1 spiro atoms. The lowest BCUT2D eigenvalue weighted by atomic mass is 9.78. The van der Waals surface area contributed by atoms with Crippen molar-refractivity contribution in [3.63, 3.8) is 0 Å². The van der Waals surface area contributed by atoms with Crippen molar-refractivity contribution in [3.05, 3.63) is 0 Å². The quantitative estimate of drug-likeness (QED) is 0.816. The van der Waals surface area contributed by atoms with Gasteiger partial charge in [-0.1, -0.05) is 6.92 Å². The fraction of sp³-hybridized carbons (Fsp3) is 1.00. The maximum absolute atomic E-state index is 6.21. The van der Waals surface area contributed by atoms with Crippen LogP contribution in [0.5, 0.6) is 0 Å². The third-order valence-corrected chi connectivity index (χ3v) is 6.66. The summed E-state index contributed by atoms with van der Waals surface area (Å²) in [5.41, 5.74) is 0.214. The normalized spacial score (nSPS) is 38.1. The van der Waals surface area contributed by atoms with Crippen molar-refractivity contribution < 1.29 is 9.47 Å². The topological polar surface area (TPSA) is 30.5 Å². The van der Waals surface area contributed by atoms with Crippen molar-refractivity contribution in [2.75, 3.05) is 37.9 Å². The molecule has 0 aliphatic carbocycles. The fourth-order valence-corrected chi connectivity index (χ4v) is 5.55. The summed E-state index contributed by atoms with van der Waals surface area (Å²) < 4.78 is 11.8. The van der Waals surface area contributed by atoms with Gasteiger partial charge in [-0.3, -0.25) is 0 Å². The summed E-state index contributed by atoms with van der Waals surface area (Å²) in [6.45, 7) is 6.34. The molecule has 1 N–H and O–H groups in total. The van der Waals surface area contributed by atoms with Gasteiger partial charge in [-0.2, -0.15) is 11.8 Å². The first-order valence-electron chi connectivity index (χ1n) is 8.84. The van der Waals surface area contributed by atoms with Gasteiger partial charge in [-0.15, -0.1) is 0 Å². The molecule has 3 aliphatic rings. The van der Waals surface area contributed by atoms with Gasteiger partial charge in [-0.25, -0.2) is 0 Å². The van der Waals surface area contributed by atoms with Crippen molar-refractivity contribution in [1.82, 2.24) is 5.32 Å². The molecule has 0 radical (unpaired) electrons. The molecule has 3 heterocycles. The third-order valence-electron chi connectivity index (χ3n) is 5.44. The summed E-state index contributed by atoms with van der Waals surface area (Å²) >= 11 is 2.08. The van der Waals surface area contributed by atoms with E-state index in [2.05, 4.69) is 24.0 Å². The van der Waals surface area contributed by atoms with Gasteiger partial charge in [0.25, 0.3) is 0 Å². The molecule has 122 valence electrons. The van der Waals surface area contributed by atoms with Gasteiger partial charge in [-0.05, 0) is 62.7 Å². The SMILES string of the molecule is CCCNC(CC1CCOC1)C1CCOC2(CCSC2)C1. The number of hydrogen-bond donors (Lipinski definition) is 1. The second kappa shape index (κ2) is 7.67. The first-order valence-corrected chi connectivity index (χ1v) is 10.00. The number of hydrogen-bond acceptors (Lipinski definition) is 4. The molecule has 0 bridgehead atoms. The Morgan fingerprint density at radius 3 is 3.00 bits per heavy atom. The van der Waals surface area contributed by atoms with E-state index in [0.717, 1.165) is 38.2 Å². The Morgan fingerprint density at radius 2 is 2.29 bits per heavy atom. The zero-order valence-electron chi connectivity index (χ0n) is 13.4. The largest absolute Gasteiger partial charge is 0.381 e. The molecule has 3 saturated heterocycles. The van der Waals surface area contributed by atoms with Crippen molar-refractivity contribution in [2.24, 2.45) is 11.8 Å². The zero-order chi connectivity index (χ0) is 14.5. The molecule has 4 heteroatoms. The van der Waals surface area contributed by atoms with Crippen LogP contribution in [0.15, 0.2) is 0 Å². The summed E-state index contributed by atoms with van der Waals surface area (Å²) in [6.07, 6.45) is 7.56. The minimum absolute atomic E-state index is 0.214. The molecule has 3 rings (SSSR count). The van der Waals surface area contributed by atoms with Gasteiger partial charge in [0.05, 0.1) is 5.60 Å². The Morgan fingerprint density at radius 1 is 1.33 bits per heavy atom. The molecule has 4 atom stereocenters. The Hall–Kier alpha value is 0.230. The van der Waals surface area contributed by atoms with E-state index in [0.29, 0.717) is 6.04 Å². The first kappa shape index (κ1) is 16.1. The van der Waals surface area contributed by atoms with Gasteiger partial charge in [0, 0.05) is 31.6 Å². The molecule has 21 heavy (non-hydrogen) atoms. The van der Waals surface area contributed by atoms with Gasteiger partial charge in [0.1, 0.15) is 0 Å². The van der Waals surface area contributed by atoms with Gasteiger partial charge >= 0.3 is 0 Å². The highest BCUT2D eigenvalue weighted by Gasteiger charge is 2.42. The maximum Gasteiger partial charge on any atom is 0.0783 e. The van der Waals surface area contributed by atoms with E-state index in [1.807, 2.05) is 0 Å². The van der Waals surface area contributed by atoms with Gasteiger partial charge < -0.3 is 14.8 Å². The van der Waals surface area contributed by atoms with E-state index in [4.69, 9.17) is 9.47 Å². The van der Waals surface area contributed by atoms with E-state index in [1.165, 1.54) is 50.0 Å². The van der Waals surface area contributed by atoms with E-state index in [-0.39, 0.29) is 5.60 Å². The summed E-state index contributed by atoms with van der Waals surface area (Å²) in [5.74, 6) is 4.08. The summed E-state index contributed by atoms with van der Waals surface area (Å²) in [4.78, 5) is 0. The second-order valence-electron chi connectivity index (χ2n) is 7.11. The average Bonchev–Trinajstić information content (AvgIpc) is 3.16. The van der Waals surface area contributed by atoms with Gasteiger partial charge in [0.2, 0.25) is 0 Å². The summed E-state index contributed by atoms with van der Waals surface area (Å²) in [6, 6.07) is 0.669. The molecule has 4 unspecified atom stereocenters. The Balaban J connectivity index is 1.60. The molecular weight excluding hydrogens is 282 g/mol. The van der Waals surface area contributed by atoms with E-state index >= 15 is 0 Å². The number of ether oxygens (including phenoxy) is 2. The number of nitrogens with one attached hydrogen (secondary N) is 1. The van der Waals surface area contributed by atoms with Crippen LogP contribution in [0.2, 0.25) is 0 Å². The van der Waals surface area contributed by atoms with Gasteiger partial charge in [0.15, 0.2) is 0 Å². The van der Waals surface area contributed by atoms with Crippen LogP contribution in [-0.4, -0.2) is 49.5 Å². The van der Waals surface area contributed by atoms with Crippen molar-refractivity contribution >= 4 is 11.8 Å². The molecule has 0 aromatic heterocycles. The predicted molar refractivity (Wildman–Crippen MR) is 89.0 cm³/mol. The van der Waals surface area contributed by atoms with Crippen LogP contribution in [-0.2, 0) is 9.47 Å². The summed E-state index contributed by atoms with van der Waals surface area (Å²) in [7, 11) is 0. The van der Waals surface area contributed by atoms with Crippen LogP contribution >= 0.6 is 11.8 Å². The monoisotopic (exact) mass is 313 g/mol. The smallest absolute Gasteiger partial charge is 0.0783 e. The maximum atomic E-state index is 6.21. The fourth-order valence-electron chi connectivity index (χ4n) is 4.17. The predicted octanol–water partition coefficient (Wildman–Crippen LogP) is 3.08. The van der Waals surface area contributed by atoms with Crippen molar-refractivity contribution in [2.45, 2.75) is 57.1 Å². The summed E-state index contributed by atoms with van der Waals surface area (Å²) in [5, 5.41) is 3.85. The lowest BCUT2D eigenvalue weighted by Crippen LogP contribution is -2.47. The molecule has 0 amide bonds. The highest BCUT2D eigenvalue weighted by Crippen LogP contribution is 2.42. The zero-order valence-corrected chi connectivity index (χ0v) is 14.3. The lowest BCUT2D eigenvalue weighted by molar-refractivity contribution is -0.0862. The minimum atomic E-state index is 0.214. The molecule has 3 aliphatic heterocycles. The van der Waals surface area contributed by atoms with E-state index in [1.54, 1.807) is 0 Å². The molecule has 0 aromatic carbocycles. The van der Waals surface area contributed by atoms with Crippen LogP contribution in [0.3, 0.4) is 0 Å². The molecule has 3 nitrogen and oxygen atoms in total. The van der Waals surface area contributed by atoms with Crippen molar-refractivity contribution in [1.29, 1.82) is 0 Å². The molecule has 0 aromatic rings. The second-order valence-corrected chi connectivity index (χ2v) is 8.22. The van der Waals surface area contributed by atoms with Crippen molar-refractivity contribution in [3.8, 4) is 0 Å². The minimum Gasteiger partial charge on any atom is -0.381 e. The highest BCUT2D eigenvalue weighted by molar-refractivity contribution is 7.99. The Labute approximate surface area is 133 Å². The van der Waals surface area contributed by atoms with Crippen LogP contribution < -0.4 is 5.32 Å². The molecular formula is C17H31NO2S. The molecule has 3 fully saturated rings. The third kappa shape index (κ3) is 4.15. The average molecular weight is 314 g/mol. The highest BCUT2D eigenvalue weighted by atomic mass is 32.2. The van der Waals surface area contributed by atoms with Crippen LogP contribution in [0, 0.1) is 11.8 Å². The van der Waals surface area contributed by atoms with Crippen LogP contribution in [0.4, 0.5) is 0 Å². The lowest BCUT2D eigenvalue weighted by Gasteiger charge is -2.41.